The normalized spacial score (nSPS) is 34.4. The maximum Gasteiger partial charge on any atom is 0.303 e. The number of carbonyl (C=O) groups is 1. The van der Waals surface area contributed by atoms with Crippen molar-refractivity contribution in [3.05, 3.63) is 22.8 Å². The first-order valence-electron chi connectivity index (χ1n) is 7.40. The molecule has 0 N–H and O–H groups in total. The summed E-state index contributed by atoms with van der Waals surface area (Å²) in [6.45, 7) is 10.4. The minimum Gasteiger partial charge on any atom is -0.458 e. The Bertz CT molecular complexity index is 440. The van der Waals surface area contributed by atoms with Gasteiger partial charge in [0.05, 0.1) is 0 Å². The van der Waals surface area contributed by atoms with Crippen molar-refractivity contribution in [1.82, 2.24) is 0 Å². The minimum atomic E-state index is -0.173. The van der Waals surface area contributed by atoms with Crippen LogP contribution in [-0.2, 0) is 9.53 Å². The molecule has 106 valence electrons. The molecule has 0 saturated heterocycles. The van der Waals surface area contributed by atoms with Crippen molar-refractivity contribution in [3.8, 4) is 0 Å². The Balaban J connectivity index is 2.42. The van der Waals surface area contributed by atoms with Gasteiger partial charge in [0.25, 0.3) is 0 Å². The van der Waals surface area contributed by atoms with Gasteiger partial charge in [-0.15, -0.1) is 0 Å². The molecule has 0 heterocycles. The van der Waals surface area contributed by atoms with E-state index in [1.165, 1.54) is 37.3 Å². The summed E-state index contributed by atoms with van der Waals surface area (Å²) in [5.41, 5.74) is 4.27. The average molecular weight is 262 g/mol. The van der Waals surface area contributed by atoms with Crippen molar-refractivity contribution in [2.45, 2.75) is 66.4 Å². The second-order valence-electron chi connectivity index (χ2n) is 6.71. The van der Waals surface area contributed by atoms with E-state index in [0.717, 1.165) is 6.42 Å². The lowest BCUT2D eigenvalue weighted by Gasteiger charge is -2.46. The fourth-order valence-corrected chi connectivity index (χ4v) is 3.78. The molecular formula is C17H26O2. The number of allylic oxidation sites excluding steroid dienone is 2. The van der Waals surface area contributed by atoms with Crippen LogP contribution in [0.15, 0.2) is 22.8 Å². The molecule has 2 rings (SSSR count). The van der Waals surface area contributed by atoms with Crippen LogP contribution in [0, 0.1) is 11.3 Å². The third-order valence-corrected chi connectivity index (χ3v) is 4.77. The summed E-state index contributed by atoms with van der Waals surface area (Å²) >= 11 is 0. The van der Waals surface area contributed by atoms with Gasteiger partial charge in [-0.1, -0.05) is 37.5 Å². The zero-order valence-electron chi connectivity index (χ0n) is 12.9. The SMILES string of the molecule is CC(=O)O[C@H]1C[C@@]2(C)CCC[C@@H](C)C2=CC1=C(C)C. The summed E-state index contributed by atoms with van der Waals surface area (Å²) in [6, 6.07) is 0. The molecule has 0 aromatic heterocycles. The van der Waals surface area contributed by atoms with Crippen molar-refractivity contribution in [2.75, 3.05) is 0 Å². The van der Waals surface area contributed by atoms with E-state index in [0.29, 0.717) is 5.92 Å². The lowest BCUT2D eigenvalue weighted by Crippen LogP contribution is -2.38. The second-order valence-corrected chi connectivity index (χ2v) is 6.71. The Labute approximate surface area is 116 Å². The van der Waals surface area contributed by atoms with Gasteiger partial charge in [-0.3, -0.25) is 4.79 Å². The fraction of sp³-hybridized carbons (Fsp3) is 0.706. The van der Waals surface area contributed by atoms with E-state index in [4.69, 9.17) is 4.74 Å². The molecule has 0 radical (unpaired) electrons. The molecular weight excluding hydrogens is 236 g/mol. The fourth-order valence-electron chi connectivity index (χ4n) is 3.78. The number of rotatable bonds is 1. The van der Waals surface area contributed by atoms with Crippen LogP contribution in [-0.4, -0.2) is 12.1 Å². The number of hydrogen-bond acceptors (Lipinski definition) is 2. The quantitative estimate of drug-likeness (QED) is 0.654. The first-order valence-corrected chi connectivity index (χ1v) is 7.40. The molecule has 0 aliphatic heterocycles. The molecule has 19 heavy (non-hydrogen) atoms. The Kier molecular flexibility index (Phi) is 3.89. The lowest BCUT2D eigenvalue weighted by atomic mass is 9.61. The Morgan fingerprint density at radius 1 is 1.37 bits per heavy atom. The predicted molar refractivity (Wildman–Crippen MR) is 77.8 cm³/mol. The van der Waals surface area contributed by atoms with Gasteiger partial charge in [0, 0.05) is 6.92 Å². The highest BCUT2D eigenvalue weighted by atomic mass is 16.5. The topological polar surface area (TPSA) is 26.3 Å². The molecule has 2 aliphatic rings. The lowest BCUT2D eigenvalue weighted by molar-refractivity contribution is -0.146. The Morgan fingerprint density at radius 3 is 2.63 bits per heavy atom. The molecule has 0 unspecified atom stereocenters. The summed E-state index contributed by atoms with van der Waals surface area (Å²) in [6.07, 6.45) is 7.01. The average Bonchev–Trinajstić information content (AvgIpc) is 2.26. The molecule has 0 aromatic rings. The standard InChI is InChI=1S/C17H26O2/c1-11(2)14-9-15-12(3)7-6-8-17(15,5)10-16(14)19-13(4)18/h9,12,16H,6-8,10H2,1-5H3/t12-,16+,17-/m1/s1. The number of ether oxygens (including phenoxy) is 1. The minimum absolute atomic E-state index is 0.0541. The monoisotopic (exact) mass is 262 g/mol. The third-order valence-electron chi connectivity index (χ3n) is 4.77. The van der Waals surface area contributed by atoms with Crippen molar-refractivity contribution < 1.29 is 9.53 Å². The summed E-state index contributed by atoms with van der Waals surface area (Å²) in [5.74, 6) is 0.486. The van der Waals surface area contributed by atoms with Crippen LogP contribution in [0.1, 0.15) is 60.3 Å². The van der Waals surface area contributed by atoms with Crippen LogP contribution in [0.3, 0.4) is 0 Å². The number of carbonyl (C=O) groups excluding carboxylic acids is 1. The van der Waals surface area contributed by atoms with E-state index >= 15 is 0 Å². The van der Waals surface area contributed by atoms with Crippen molar-refractivity contribution in [2.24, 2.45) is 11.3 Å². The van der Waals surface area contributed by atoms with Gasteiger partial charge in [0.2, 0.25) is 0 Å². The first-order chi connectivity index (χ1) is 8.83. The van der Waals surface area contributed by atoms with Crippen LogP contribution in [0.5, 0.6) is 0 Å². The predicted octanol–water partition coefficient (Wildman–Crippen LogP) is 4.41. The van der Waals surface area contributed by atoms with E-state index < -0.39 is 0 Å². The zero-order chi connectivity index (χ0) is 14.2. The molecule has 1 fully saturated rings. The van der Waals surface area contributed by atoms with Gasteiger partial charge in [-0.05, 0) is 50.0 Å². The third kappa shape index (κ3) is 2.77. The van der Waals surface area contributed by atoms with Gasteiger partial charge in [0.15, 0.2) is 0 Å². The molecule has 0 bridgehead atoms. The molecule has 2 aliphatic carbocycles. The van der Waals surface area contributed by atoms with Crippen LogP contribution >= 0.6 is 0 Å². The highest BCUT2D eigenvalue weighted by molar-refractivity contribution is 5.67. The molecule has 3 atom stereocenters. The number of fused-ring (bicyclic) bond motifs is 1. The molecule has 0 aromatic carbocycles. The summed E-state index contributed by atoms with van der Waals surface area (Å²) in [7, 11) is 0. The van der Waals surface area contributed by atoms with Crippen LogP contribution in [0.4, 0.5) is 0 Å². The van der Waals surface area contributed by atoms with Gasteiger partial charge < -0.3 is 4.74 Å². The van der Waals surface area contributed by atoms with Crippen molar-refractivity contribution >= 4 is 5.97 Å². The van der Waals surface area contributed by atoms with Crippen molar-refractivity contribution in [3.63, 3.8) is 0 Å². The number of hydrogen-bond donors (Lipinski definition) is 0. The van der Waals surface area contributed by atoms with E-state index in [2.05, 4.69) is 33.8 Å². The first kappa shape index (κ1) is 14.4. The van der Waals surface area contributed by atoms with Gasteiger partial charge in [0.1, 0.15) is 6.10 Å². The van der Waals surface area contributed by atoms with E-state index in [-0.39, 0.29) is 17.5 Å². The van der Waals surface area contributed by atoms with Crippen LogP contribution in [0.2, 0.25) is 0 Å². The van der Waals surface area contributed by atoms with Gasteiger partial charge >= 0.3 is 5.97 Å². The molecule has 2 heteroatoms. The maximum atomic E-state index is 11.3. The molecule has 2 nitrogen and oxygen atoms in total. The largest absolute Gasteiger partial charge is 0.458 e. The summed E-state index contributed by atoms with van der Waals surface area (Å²) < 4.78 is 5.57. The van der Waals surface area contributed by atoms with Crippen LogP contribution < -0.4 is 0 Å². The molecule has 0 amide bonds. The molecule has 1 saturated carbocycles. The maximum absolute atomic E-state index is 11.3. The summed E-state index contributed by atoms with van der Waals surface area (Å²) in [5, 5.41) is 0. The second kappa shape index (κ2) is 5.15. The van der Waals surface area contributed by atoms with Crippen LogP contribution in [0.25, 0.3) is 0 Å². The highest BCUT2D eigenvalue weighted by Crippen LogP contribution is 2.51. The van der Waals surface area contributed by atoms with Gasteiger partial charge in [-0.2, -0.15) is 0 Å². The van der Waals surface area contributed by atoms with E-state index in [9.17, 15) is 4.79 Å². The van der Waals surface area contributed by atoms with Gasteiger partial charge in [-0.25, -0.2) is 0 Å². The number of esters is 1. The highest BCUT2D eigenvalue weighted by Gasteiger charge is 2.42. The summed E-state index contributed by atoms with van der Waals surface area (Å²) in [4.78, 5) is 11.3. The molecule has 0 spiro atoms. The Hall–Kier alpha value is -1.05. The smallest absolute Gasteiger partial charge is 0.303 e. The Morgan fingerprint density at radius 2 is 2.05 bits per heavy atom. The zero-order valence-corrected chi connectivity index (χ0v) is 12.9. The van der Waals surface area contributed by atoms with E-state index in [1.54, 1.807) is 5.57 Å². The van der Waals surface area contributed by atoms with Crippen molar-refractivity contribution in [1.29, 1.82) is 0 Å². The van der Waals surface area contributed by atoms with E-state index in [1.807, 2.05) is 0 Å².